The molecule has 5 heteroatoms. The second-order valence-electron chi connectivity index (χ2n) is 4.99. The van der Waals surface area contributed by atoms with Crippen molar-refractivity contribution in [1.29, 1.82) is 0 Å². The maximum absolute atomic E-state index is 5.78. The minimum Gasteiger partial charge on any atom is -0.491 e. The van der Waals surface area contributed by atoms with E-state index in [2.05, 4.69) is 22.4 Å². The summed E-state index contributed by atoms with van der Waals surface area (Å²) in [5.74, 6) is 0.887. The molecule has 0 saturated carbocycles. The molecule has 1 unspecified atom stereocenters. The van der Waals surface area contributed by atoms with Gasteiger partial charge in [-0.2, -0.15) is 0 Å². The number of nitrogens with zero attached hydrogens (tertiary/aromatic N) is 1. The Bertz CT molecular complexity index is 529. The number of thiazole rings is 1. The van der Waals surface area contributed by atoms with Gasteiger partial charge in [0.2, 0.25) is 0 Å². The highest BCUT2D eigenvalue weighted by atomic mass is 32.1. The maximum Gasteiger partial charge on any atom is 0.120 e. The highest BCUT2D eigenvalue weighted by molar-refractivity contribution is 7.09. The van der Waals surface area contributed by atoms with Crippen molar-refractivity contribution in [3.63, 3.8) is 0 Å². The molecule has 0 aliphatic rings. The zero-order chi connectivity index (χ0) is 15.1. The zero-order valence-corrected chi connectivity index (χ0v) is 13.5. The fraction of sp³-hybridized carbons (Fsp3) is 0.438. The van der Waals surface area contributed by atoms with E-state index in [1.54, 1.807) is 18.4 Å². The normalized spacial score (nSPS) is 12.6. The number of ether oxygens (including phenoxy) is 2. The molecule has 0 saturated heterocycles. The Hall–Kier alpha value is -1.43. The third kappa shape index (κ3) is 4.81. The number of benzene rings is 1. The van der Waals surface area contributed by atoms with Crippen molar-refractivity contribution in [3.8, 4) is 5.75 Å². The Morgan fingerprint density at radius 3 is 2.86 bits per heavy atom. The molecule has 0 amide bonds. The molecule has 114 valence electrons. The lowest BCUT2D eigenvalue weighted by atomic mass is 10.1. The summed E-state index contributed by atoms with van der Waals surface area (Å²) in [7, 11) is 1.71. The van der Waals surface area contributed by atoms with E-state index in [9.17, 15) is 0 Å². The van der Waals surface area contributed by atoms with Crippen LogP contribution in [0.25, 0.3) is 0 Å². The molecule has 1 aromatic heterocycles. The van der Waals surface area contributed by atoms with Gasteiger partial charge < -0.3 is 14.8 Å². The van der Waals surface area contributed by atoms with E-state index in [1.165, 1.54) is 0 Å². The third-order valence-corrected chi connectivity index (χ3v) is 3.76. The monoisotopic (exact) mass is 306 g/mol. The number of hydrogen-bond acceptors (Lipinski definition) is 5. The molecule has 1 N–H and O–H groups in total. The van der Waals surface area contributed by atoms with Gasteiger partial charge in [-0.15, -0.1) is 11.3 Å². The maximum atomic E-state index is 5.78. The van der Waals surface area contributed by atoms with Crippen LogP contribution in [-0.4, -0.2) is 31.3 Å². The van der Waals surface area contributed by atoms with Gasteiger partial charge in [-0.1, -0.05) is 12.1 Å². The summed E-state index contributed by atoms with van der Waals surface area (Å²) in [6.07, 6.45) is 2.00. The highest BCUT2D eigenvalue weighted by Crippen LogP contribution is 2.26. The predicted octanol–water partition coefficient (Wildman–Crippen LogP) is 3.26. The largest absolute Gasteiger partial charge is 0.491 e. The molecule has 0 aliphatic heterocycles. The lowest BCUT2D eigenvalue weighted by molar-refractivity contribution is 0.197. The van der Waals surface area contributed by atoms with Crippen LogP contribution in [0, 0.1) is 0 Å². The molecule has 2 aromatic rings. The number of rotatable bonds is 8. The summed E-state index contributed by atoms with van der Waals surface area (Å²) in [5.41, 5.74) is 1.15. The predicted molar refractivity (Wildman–Crippen MR) is 86.0 cm³/mol. The molecular formula is C16H22N2O2S. The first-order valence-electron chi connectivity index (χ1n) is 7.09. The van der Waals surface area contributed by atoms with Crippen LogP contribution in [0.1, 0.15) is 30.5 Å². The first-order valence-corrected chi connectivity index (χ1v) is 7.97. The van der Waals surface area contributed by atoms with Gasteiger partial charge in [0.15, 0.2) is 0 Å². The summed E-state index contributed by atoms with van der Waals surface area (Å²) in [6, 6.07) is 8.24. The van der Waals surface area contributed by atoms with Crippen LogP contribution in [0.2, 0.25) is 0 Å². The number of methoxy groups -OCH3 is 1. The summed E-state index contributed by atoms with van der Waals surface area (Å²) >= 11 is 1.65. The summed E-state index contributed by atoms with van der Waals surface area (Å²) in [6.45, 7) is 5.50. The van der Waals surface area contributed by atoms with Crippen molar-refractivity contribution in [3.05, 3.63) is 46.4 Å². The van der Waals surface area contributed by atoms with E-state index in [0.29, 0.717) is 6.61 Å². The smallest absolute Gasteiger partial charge is 0.120 e. The minimum absolute atomic E-state index is 0.0656. The molecule has 4 nitrogen and oxygen atoms in total. The van der Waals surface area contributed by atoms with Crippen LogP contribution in [0.3, 0.4) is 0 Å². The Labute approximate surface area is 130 Å². The number of aromatic nitrogens is 1. The Morgan fingerprint density at radius 1 is 1.33 bits per heavy atom. The van der Waals surface area contributed by atoms with Gasteiger partial charge in [0.25, 0.3) is 0 Å². The van der Waals surface area contributed by atoms with Crippen molar-refractivity contribution < 1.29 is 9.47 Å². The van der Waals surface area contributed by atoms with Crippen LogP contribution in [-0.2, 0) is 4.74 Å². The molecule has 0 aliphatic carbocycles. The van der Waals surface area contributed by atoms with E-state index in [-0.39, 0.29) is 12.1 Å². The first-order chi connectivity index (χ1) is 10.2. The fourth-order valence-corrected chi connectivity index (χ4v) is 2.81. The van der Waals surface area contributed by atoms with Crippen molar-refractivity contribution >= 4 is 11.3 Å². The van der Waals surface area contributed by atoms with Gasteiger partial charge in [0, 0.05) is 25.2 Å². The lowest BCUT2D eigenvalue weighted by Crippen LogP contribution is -2.26. The quantitative estimate of drug-likeness (QED) is 0.760. The Kier molecular flexibility index (Phi) is 6.17. The van der Waals surface area contributed by atoms with Crippen LogP contribution in [0.4, 0.5) is 0 Å². The van der Waals surface area contributed by atoms with Gasteiger partial charge in [-0.25, -0.2) is 4.98 Å². The Balaban J connectivity index is 2.19. The van der Waals surface area contributed by atoms with Crippen molar-refractivity contribution in [2.75, 3.05) is 20.3 Å². The molecule has 0 fully saturated rings. The molecule has 1 atom stereocenters. The van der Waals surface area contributed by atoms with E-state index in [1.807, 2.05) is 37.6 Å². The van der Waals surface area contributed by atoms with Crippen LogP contribution in [0.15, 0.2) is 35.8 Å². The van der Waals surface area contributed by atoms with Gasteiger partial charge in [0.1, 0.15) is 10.8 Å². The van der Waals surface area contributed by atoms with E-state index in [4.69, 9.17) is 9.47 Å². The summed E-state index contributed by atoms with van der Waals surface area (Å²) < 4.78 is 10.9. The number of hydrogen-bond donors (Lipinski definition) is 1. The molecule has 21 heavy (non-hydrogen) atoms. The van der Waals surface area contributed by atoms with Gasteiger partial charge in [-0.3, -0.25) is 0 Å². The first kappa shape index (κ1) is 15.9. The molecule has 2 rings (SSSR count). The van der Waals surface area contributed by atoms with E-state index >= 15 is 0 Å². The third-order valence-electron chi connectivity index (χ3n) is 2.92. The van der Waals surface area contributed by atoms with E-state index < -0.39 is 0 Å². The fourth-order valence-electron chi connectivity index (χ4n) is 2.07. The SMILES string of the molecule is COCCNC(c1cccc(OC(C)C)c1)c1nccs1. The highest BCUT2D eigenvalue weighted by Gasteiger charge is 2.16. The molecule has 0 spiro atoms. The van der Waals surface area contributed by atoms with Crippen molar-refractivity contribution in [2.45, 2.75) is 26.0 Å². The minimum atomic E-state index is 0.0656. The average molecular weight is 306 g/mol. The average Bonchev–Trinajstić information content (AvgIpc) is 2.97. The second kappa shape index (κ2) is 8.12. The molecular weight excluding hydrogens is 284 g/mol. The Morgan fingerprint density at radius 2 is 2.19 bits per heavy atom. The van der Waals surface area contributed by atoms with Crippen molar-refractivity contribution in [1.82, 2.24) is 10.3 Å². The number of nitrogens with one attached hydrogen (secondary N) is 1. The zero-order valence-electron chi connectivity index (χ0n) is 12.7. The summed E-state index contributed by atoms with van der Waals surface area (Å²) in [5, 5.41) is 6.53. The summed E-state index contributed by atoms with van der Waals surface area (Å²) in [4.78, 5) is 4.44. The standard InChI is InChI=1S/C16H22N2O2S/c1-12(2)20-14-6-4-5-13(11-14)15(17-7-9-19-3)16-18-8-10-21-16/h4-6,8,10-12,15,17H,7,9H2,1-3H3. The van der Waals surface area contributed by atoms with Crippen LogP contribution >= 0.6 is 11.3 Å². The van der Waals surface area contributed by atoms with Gasteiger partial charge in [0.05, 0.1) is 18.8 Å². The molecule has 1 heterocycles. The van der Waals surface area contributed by atoms with Gasteiger partial charge in [-0.05, 0) is 31.5 Å². The van der Waals surface area contributed by atoms with E-state index in [0.717, 1.165) is 22.9 Å². The van der Waals surface area contributed by atoms with Crippen LogP contribution in [0.5, 0.6) is 5.75 Å². The molecule has 0 radical (unpaired) electrons. The second-order valence-corrected chi connectivity index (χ2v) is 5.92. The van der Waals surface area contributed by atoms with Crippen molar-refractivity contribution in [2.24, 2.45) is 0 Å². The van der Waals surface area contributed by atoms with Crippen LogP contribution < -0.4 is 10.1 Å². The molecule has 0 bridgehead atoms. The lowest BCUT2D eigenvalue weighted by Gasteiger charge is -2.18. The van der Waals surface area contributed by atoms with Gasteiger partial charge >= 0.3 is 0 Å². The molecule has 1 aromatic carbocycles. The topological polar surface area (TPSA) is 43.4 Å².